The first-order chi connectivity index (χ1) is 7.72. The fourth-order valence-corrected chi connectivity index (χ4v) is 1.70. The molecule has 0 rings (SSSR count). The van der Waals surface area contributed by atoms with E-state index >= 15 is 0 Å². The zero-order chi connectivity index (χ0) is 12.2. The van der Waals surface area contributed by atoms with Crippen molar-refractivity contribution in [3.63, 3.8) is 0 Å². The number of rotatable bonds is 10. The smallest absolute Gasteiger partial charge is 0.222 e. The SMILES string of the molecule is CCCCCCCCC(=O)N(C)CCCN. The van der Waals surface area contributed by atoms with Gasteiger partial charge in [0.15, 0.2) is 0 Å². The van der Waals surface area contributed by atoms with Gasteiger partial charge in [-0.25, -0.2) is 0 Å². The Morgan fingerprint density at radius 1 is 1.06 bits per heavy atom. The minimum absolute atomic E-state index is 0.268. The van der Waals surface area contributed by atoms with Crippen molar-refractivity contribution in [3.8, 4) is 0 Å². The molecule has 0 bridgehead atoms. The second-order valence-corrected chi connectivity index (χ2v) is 4.48. The Morgan fingerprint density at radius 2 is 1.69 bits per heavy atom. The lowest BCUT2D eigenvalue weighted by Crippen LogP contribution is -2.28. The molecule has 3 nitrogen and oxygen atoms in total. The van der Waals surface area contributed by atoms with Crippen LogP contribution in [0, 0.1) is 0 Å². The van der Waals surface area contributed by atoms with E-state index in [1.54, 1.807) is 4.90 Å². The monoisotopic (exact) mass is 228 g/mol. The Kier molecular flexibility index (Phi) is 10.5. The molecule has 3 heteroatoms. The second kappa shape index (κ2) is 10.9. The van der Waals surface area contributed by atoms with Crippen molar-refractivity contribution in [1.82, 2.24) is 4.90 Å². The first-order valence-corrected chi connectivity index (χ1v) is 6.66. The molecule has 0 aromatic rings. The third-order valence-electron chi connectivity index (χ3n) is 2.87. The zero-order valence-corrected chi connectivity index (χ0v) is 11.0. The van der Waals surface area contributed by atoms with Gasteiger partial charge in [0.25, 0.3) is 0 Å². The second-order valence-electron chi connectivity index (χ2n) is 4.48. The summed E-state index contributed by atoms with van der Waals surface area (Å²) >= 11 is 0. The summed E-state index contributed by atoms with van der Waals surface area (Å²) in [6.07, 6.45) is 9.02. The van der Waals surface area contributed by atoms with Crippen LogP contribution >= 0.6 is 0 Å². The van der Waals surface area contributed by atoms with Crippen molar-refractivity contribution in [2.24, 2.45) is 5.73 Å². The lowest BCUT2D eigenvalue weighted by atomic mass is 10.1. The molecule has 0 saturated carbocycles. The van der Waals surface area contributed by atoms with E-state index in [0.29, 0.717) is 13.0 Å². The lowest BCUT2D eigenvalue weighted by Gasteiger charge is -2.16. The molecule has 0 aromatic heterocycles. The van der Waals surface area contributed by atoms with Crippen LogP contribution in [0.3, 0.4) is 0 Å². The van der Waals surface area contributed by atoms with Crippen molar-refractivity contribution < 1.29 is 4.79 Å². The van der Waals surface area contributed by atoms with E-state index in [2.05, 4.69) is 6.92 Å². The summed E-state index contributed by atoms with van der Waals surface area (Å²) in [4.78, 5) is 13.4. The van der Waals surface area contributed by atoms with Crippen LogP contribution < -0.4 is 5.73 Å². The molecule has 0 aliphatic carbocycles. The molecule has 0 saturated heterocycles. The van der Waals surface area contributed by atoms with Crippen LogP contribution in [0.1, 0.15) is 58.3 Å². The first-order valence-electron chi connectivity index (χ1n) is 6.66. The predicted octanol–water partition coefficient (Wildman–Crippen LogP) is 2.54. The van der Waals surface area contributed by atoms with Crippen molar-refractivity contribution in [2.75, 3.05) is 20.1 Å². The molecule has 0 aliphatic rings. The molecule has 1 amide bonds. The highest BCUT2D eigenvalue weighted by atomic mass is 16.2. The van der Waals surface area contributed by atoms with E-state index in [-0.39, 0.29) is 5.91 Å². The molecule has 0 aliphatic heterocycles. The molecular formula is C13H28N2O. The van der Waals surface area contributed by atoms with Gasteiger partial charge in [-0.05, 0) is 19.4 Å². The molecule has 16 heavy (non-hydrogen) atoms. The Morgan fingerprint density at radius 3 is 2.31 bits per heavy atom. The average Bonchev–Trinajstić information content (AvgIpc) is 2.30. The Hall–Kier alpha value is -0.570. The quantitative estimate of drug-likeness (QED) is 0.584. The van der Waals surface area contributed by atoms with Gasteiger partial charge in [-0.1, -0.05) is 39.0 Å². The van der Waals surface area contributed by atoms with E-state index in [1.165, 1.54) is 32.1 Å². The fraction of sp³-hybridized carbons (Fsp3) is 0.923. The standard InChI is InChI=1S/C13H28N2O/c1-3-4-5-6-7-8-10-13(16)15(2)12-9-11-14/h3-12,14H2,1-2H3. The third-order valence-corrected chi connectivity index (χ3v) is 2.87. The number of carbonyl (C=O) groups is 1. The summed E-state index contributed by atoms with van der Waals surface area (Å²) in [6.45, 7) is 3.68. The van der Waals surface area contributed by atoms with Crippen LogP contribution in [-0.4, -0.2) is 30.9 Å². The number of nitrogens with zero attached hydrogens (tertiary/aromatic N) is 1. The minimum atomic E-state index is 0.268. The molecule has 0 unspecified atom stereocenters. The van der Waals surface area contributed by atoms with Crippen LogP contribution in [0.25, 0.3) is 0 Å². The van der Waals surface area contributed by atoms with Gasteiger partial charge in [0.05, 0.1) is 0 Å². The minimum Gasteiger partial charge on any atom is -0.346 e. The lowest BCUT2D eigenvalue weighted by molar-refractivity contribution is -0.130. The van der Waals surface area contributed by atoms with Gasteiger partial charge >= 0.3 is 0 Å². The average molecular weight is 228 g/mol. The van der Waals surface area contributed by atoms with E-state index < -0.39 is 0 Å². The number of carbonyl (C=O) groups excluding carboxylic acids is 1. The number of amides is 1. The molecule has 0 heterocycles. The molecule has 0 fully saturated rings. The van der Waals surface area contributed by atoms with Gasteiger partial charge in [-0.3, -0.25) is 4.79 Å². The normalized spacial score (nSPS) is 10.4. The topological polar surface area (TPSA) is 46.3 Å². The molecule has 0 atom stereocenters. The molecule has 2 N–H and O–H groups in total. The maximum Gasteiger partial charge on any atom is 0.222 e. The number of nitrogens with two attached hydrogens (primary N) is 1. The van der Waals surface area contributed by atoms with E-state index in [4.69, 9.17) is 5.73 Å². The maximum atomic E-state index is 11.6. The van der Waals surface area contributed by atoms with Gasteiger partial charge in [0, 0.05) is 20.0 Å². The fourth-order valence-electron chi connectivity index (χ4n) is 1.70. The van der Waals surface area contributed by atoms with Crippen molar-refractivity contribution in [3.05, 3.63) is 0 Å². The first kappa shape index (κ1) is 15.4. The van der Waals surface area contributed by atoms with Gasteiger partial charge < -0.3 is 10.6 Å². The largest absolute Gasteiger partial charge is 0.346 e. The van der Waals surface area contributed by atoms with Gasteiger partial charge in [0.1, 0.15) is 0 Å². The number of hydrogen-bond donors (Lipinski definition) is 1. The van der Waals surface area contributed by atoms with Crippen LogP contribution in [0.15, 0.2) is 0 Å². The number of hydrogen-bond acceptors (Lipinski definition) is 2. The van der Waals surface area contributed by atoms with Gasteiger partial charge in [0.2, 0.25) is 5.91 Å². The van der Waals surface area contributed by atoms with Gasteiger partial charge in [-0.15, -0.1) is 0 Å². The Balaban J connectivity index is 3.35. The van der Waals surface area contributed by atoms with Crippen molar-refractivity contribution in [1.29, 1.82) is 0 Å². The third kappa shape index (κ3) is 8.72. The molecule has 96 valence electrons. The highest BCUT2D eigenvalue weighted by molar-refractivity contribution is 5.75. The highest BCUT2D eigenvalue weighted by Gasteiger charge is 2.06. The van der Waals surface area contributed by atoms with E-state index in [0.717, 1.165) is 19.4 Å². The summed E-state index contributed by atoms with van der Waals surface area (Å²) in [5.41, 5.74) is 5.41. The molecule has 0 spiro atoms. The summed E-state index contributed by atoms with van der Waals surface area (Å²) in [5.74, 6) is 0.268. The summed E-state index contributed by atoms with van der Waals surface area (Å²) in [5, 5.41) is 0. The molecule has 0 aromatic carbocycles. The van der Waals surface area contributed by atoms with E-state index in [1.807, 2.05) is 7.05 Å². The highest BCUT2D eigenvalue weighted by Crippen LogP contribution is 2.07. The van der Waals surface area contributed by atoms with Gasteiger partial charge in [-0.2, -0.15) is 0 Å². The molecular weight excluding hydrogens is 200 g/mol. The maximum absolute atomic E-state index is 11.6. The summed E-state index contributed by atoms with van der Waals surface area (Å²) in [7, 11) is 1.87. The van der Waals surface area contributed by atoms with Crippen LogP contribution in [0.5, 0.6) is 0 Å². The summed E-state index contributed by atoms with van der Waals surface area (Å²) < 4.78 is 0. The van der Waals surface area contributed by atoms with E-state index in [9.17, 15) is 4.79 Å². The van der Waals surface area contributed by atoms with Crippen LogP contribution in [0.2, 0.25) is 0 Å². The Labute approximate surface area is 100 Å². The van der Waals surface area contributed by atoms with Crippen molar-refractivity contribution in [2.45, 2.75) is 58.3 Å². The number of unbranched alkanes of at least 4 members (excludes halogenated alkanes) is 5. The molecule has 0 radical (unpaired) electrons. The van der Waals surface area contributed by atoms with Crippen LogP contribution in [-0.2, 0) is 4.79 Å². The van der Waals surface area contributed by atoms with Crippen LogP contribution in [0.4, 0.5) is 0 Å². The summed E-state index contributed by atoms with van der Waals surface area (Å²) in [6, 6.07) is 0. The predicted molar refractivity (Wildman–Crippen MR) is 69.3 cm³/mol. The Bertz CT molecular complexity index is 171. The van der Waals surface area contributed by atoms with Crippen molar-refractivity contribution >= 4 is 5.91 Å². The zero-order valence-electron chi connectivity index (χ0n) is 11.0.